The van der Waals surface area contributed by atoms with E-state index in [4.69, 9.17) is 9.52 Å². The number of furan rings is 1. The number of aliphatic hydroxyl groups is 1. The molecule has 21 heavy (non-hydrogen) atoms. The number of hydrogen-bond acceptors (Lipinski definition) is 6. The number of nitrogens with one attached hydrogen (secondary N) is 1. The first-order chi connectivity index (χ1) is 10.2. The standard InChI is InChI=1S/C14H17N3O3S/c1-21-14-15-12-4-5-17(7-11(12)13(19)16-14)6-9-2-3-10(8-18)20-9/h2-3,18H,4-8H2,1H3,(H,15,16,19). The zero-order valence-electron chi connectivity index (χ0n) is 11.8. The van der Waals surface area contributed by atoms with Crippen LogP contribution in [0.25, 0.3) is 0 Å². The minimum atomic E-state index is -0.0934. The normalized spacial score (nSPS) is 15.1. The van der Waals surface area contributed by atoms with E-state index in [1.54, 1.807) is 6.07 Å². The molecule has 0 saturated carbocycles. The Labute approximate surface area is 126 Å². The van der Waals surface area contributed by atoms with Gasteiger partial charge in [0.25, 0.3) is 5.56 Å². The summed E-state index contributed by atoms with van der Waals surface area (Å²) < 4.78 is 5.49. The molecule has 2 aromatic rings. The summed E-state index contributed by atoms with van der Waals surface area (Å²) in [5, 5.41) is 9.68. The van der Waals surface area contributed by atoms with Crippen molar-refractivity contribution in [3.63, 3.8) is 0 Å². The van der Waals surface area contributed by atoms with Gasteiger partial charge in [0, 0.05) is 19.5 Å². The number of hydrogen-bond donors (Lipinski definition) is 2. The van der Waals surface area contributed by atoms with Crippen molar-refractivity contribution in [1.29, 1.82) is 0 Å². The first-order valence-electron chi connectivity index (χ1n) is 6.76. The van der Waals surface area contributed by atoms with Crippen LogP contribution in [0.5, 0.6) is 0 Å². The molecule has 2 aromatic heterocycles. The molecule has 0 aromatic carbocycles. The number of thioether (sulfide) groups is 1. The molecule has 112 valence electrons. The SMILES string of the molecule is CSc1nc2c(c(=O)[nH]1)CN(Cc1ccc(CO)o1)CC2. The third-order valence-electron chi connectivity index (χ3n) is 3.57. The third-order valence-corrected chi connectivity index (χ3v) is 4.15. The molecule has 1 aliphatic rings. The predicted molar refractivity (Wildman–Crippen MR) is 79.1 cm³/mol. The van der Waals surface area contributed by atoms with Gasteiger partial charge in [0.05, 0.1) is 17.8 Å². The van der Waals surface area contributed by atoms with Gasteiger partial charge in [-0.2, -0.15) is 0 Å². The van der Waals surface area contributed by atoms with Crippen molar-refractivity contribution in [3.8, 4) is 0 Å². The third kappa shape index (κ3) is 3.04. The predicted octanol–water partition coefficient (Wildman–Crippen LogP) is 1.14. The zero-order valence-corrected chi connectivity index (χ0v) is 12.6. The Hall–Kier alpha value is -1.57. The Bertz CT molecular complexity index is 695. The van der Waals surface area contributed by atoms with Gasteiger partial charge in [-0.1, -0.05) is 11.8 Å². The monoisotopic (exact) mass is 307 g/mol. The van der Waals surface area contributed by atoms with Gasteiger partial charge in [0.15, 0.2) is 5.16 Å². The quantitative estimate of drug-likeness (QED) is 0.651. The highest BCUT2D eigenvalue weighted by Crippen LogP contribution is 2.19. The van der Waals surface area contributed by atoms with Crippen molar-refractivity contribution in [2.24, 2.45) is 0 Å². The second kappa shape index (κ2) is 6.05. The van der Waals surface area contributed by atoms with E-state index in [0.717, 1.165) is 30.0 Å². The van der Waals surface area contributed by atoms with Crippen molar-refractivity contribution in [1.82, 2.24) is 14.9 Å². The van der Waals surface area contributed by atoms with Crippen LogP contribution < -0.4 is 5.56 Å². The molecule has 6 nitrogen and oxygen atoms in total. The van der Waals surface area contributed by atoms with Gasteiger partial charge < -0.3 is 14.5 Å². The van der Waals surface area contributed by atoms with E-state index in [0.29, 0.717) is 24.0 Å². The lowest BCUT2D eigenvalue weighted by Gasteiger charge is -2.26. The summed E-state index contributed by atoms with van der Waals surface area (Å²) in [6, 6.07) is 3.63. The second-order valence-electron chi connectivity index (χ2n) is 4.99. The Kier molecular flexibility index (Phi) is 4.14. The van der Waals surface area contributed by atoms with Crippen molar-refractivity contribution in [3.05, 3.63) is 45.3 Å². The van der Waals surface area contributed by atoms with E-state index < -0.39 is 0 Å². The van der Waals surface area contributed by atoms with Gasteiger partial charge >= 0.3 is 0 Å². The highest BCUT2D eigenvalue weighted by Gasteiger charge is 2.21. The average Bonchev–Trinajstić information content (AvgIpc) is 2.95. The lowest BCUT2D eigenvalue weighted by Crippen LogP contribution is -2.35. The summed E-state index contributed by atoms with van der Waals surface area (Å²) in [6.07, 6.45) is 2.66. The summed E-state index contributed by atoms with van der Waals surface area (Å²) in [6.45, 7) is 1.95. The van der Waals surface area contributed by atoms with Crippen LogP contribution in [-0.2, 0) is 26.1 Å². The highest BCUT2D eigenvalue weighted by atomic mass is 32.2. The number of H-pyrrole nitrogens is 1. The van der Waals surface area contributed by atoms with Gasteiger partial charge in [-0.05, 0) is 18.4 Å². The van der Waals surface area contributed by atoms with Crippen LogP contribution in [0.4, 0.5) is 0 Å². The van der Waals surface area contributed by atoms with E-state index >= 15 is 0 Å². The number of aromatic nitrogens is 2. The van der Waals surface area contributed by atoms with Gasteiger partial charge in [-0.25, -0.2) is 4.98 Å². The topological polar surface area (TPSA) is 82.4 Å². The molecule has 0 atom stereocenters. The summed E-state index contributed by atoms with van der Waals surface area (Å²) >= 11 is 1.45. The van der Waals surface area contributed by atoms with Crippen LogP contribution >= 0.6 is 11.8 Å². The molecule has 0 radical (unpaired) electrons. The fourth-order valence-corrected chi connectivity index (χ4v) is 2.90. The molecule has 0 unspecified atom stereocenters. The van der Waals surface area contributed by atoms with E-state index in [9.17, 15) is 4.79 Å². The molecule has 3 heterocycles. The van der Waals surface area contributed by atoms with Crippen molar-refractivity contribution >= 4 is 11.8 Å². The largest absolute Gasteiger partial charge is 0.462 e. The summed E-state index contributed by atoms with van der Waals surface area (Å²) in [7, 11) is 0. The molecule has 3 rings (SSSR count). The Morgan fingerprint density at radius 2 is 2.29 bits per heavy atom. The first-order valence-corrected chi connectivity index (χ1v) is 7.99. The van der Waals surface area contributed by atoms with E-state index in [2.05, 4.69) is 14.9 Å². The Balaban J connectivity index is 1.76. The van der Waals surface area contributed by atoms with Crippen LogP contribution in [-0.4, -0.2) is 32.8 Å². The molecule has 0 amide bonds. The smallest absolute Gasteiger partial charge is 0.256 e. The molecule has 0 spiro atoms. The Morgan fingerprint density at radius 1 is 1.48 bits per heavy atom. The number of nitrogens with zero attached hydrogens (tertiary/aromatic N) is 2. The molecule has 0 aliphatic carbocycles. The lowest BCUT2D eigenvalue weighted by atomic mass is 10.1. The Morgan fingerprint density at radius 3 is 3.00 bits per heavy atom. The van der Waals surface area contributed by atoms with Crippen LogP contribution in [0.1, 0.15) is 22.8 Å². The maximum atomic E-state index is 12.1. The number of fused-ring (bicyclic) bond motifs is 1. The molecule has 0 bridgehead atoms. The van der Waals surface area contributed by atoms with Crippen LogP contribution in [0.3, 0.4) is 0 Å². The molecule has 0 saturated heterocycles. The van der Waals surface area contributed by atoms with E-state index in [1.807, 2.05) is 12.3 Å². The van der Waals surface area contributed by atoms with Gasteiger partial charge in [0.2, 0.25) is 0 Å². The number of aromatic amines is 1. The molecule has 2 N–H and O–H groups in total. The van der Waals surface area contributed by atoms with Crippen LogP contribution in [0.15, 0.2) is 26.5 Å². The zero-order chi connectivity index (χ0) is 14.8. The maximum absolute atomic E-state index is 12.1. The molecule has 1 aliphatic heterocycles. The lowest BCUT2D eigenvalue weighted by molar-refractivity contribution is 0.206. The van der Waals surface area contributed by atoms with Gasteiger partial charge in [-0.3, -0.25) is 9.69 Å². The molecular weight excluding hydrogens is 290 g/mol. The van der Waals surface area contributed by atoms with E-state index in [-0.39, 0.29) is 12.2 Å². The molecule has 7 heteroatoms. The van der Waals surface area contributed by atoms with Gasteiger partial charge in [0.1, 0.15) is 18.1 Å². The summed E-state index contributed by atoms with van der Waals surface area (Å²) in [5.74, 6) is 1.36. The first kappa shape index (κ1) is 14.4. The van der Waals surface area contributed by atoms with Gasteiger partial charge in [-0.15, -0.1) is 0 Å². The fourth-order valence-electron chi connectivity index (χ4n) is 2.50. The molecule has 0 fully saturated rings. The minimum Gasteiger partial charge on any atom is -0.462 e. The highest BCUT2D eigenvalue weighted by molar-refractivity contribution is 7.98. The van der Waals surface area contributed by atoms with Crippen molar-refractivity contribution < 1.29 is 9.52 Å². The summed E-state index contributed by atoms with van der Waals surface area (Å²) in [5.41, 5.74) is 1.59. The minimum absolute atomic E-state index is 0.0513. The summed E-state index contributed by atoms with van der Waals surface area (Å²) in [4.78, 5) is 21.5. The van der Waals surface area contributed by atoms with Crippen LogP contribution in [0.2, 0.25) is 0 Å². The van der Waals surface area contributed by atoms with Crippen LogP contribution in [0, 0.1) is 0 Å². The average molecular weight is 307 g/mol. The van der Waals surface area contributed by atoms with E-state index in [1.165, 1.54) is 11.8 Å². The molecular formula is C14H17N3O3S. The van der Waals surface area contributed by atoms with Crippen molar-refractivity contribution in [2.75, 3.05) is 12.8 Å². The number of aliphatic hydroxyl groups excluding tert-OH is 1. The van der Waals surface area contributed by atoms with Crippen molar-refractivity contribution in [2.45, 2.75) is 31.3 Å². The fraction of sp³-hybridized carbons (Fsp3) is 0.429. The second-order valence-corrected chi connectivity index (χ2v) is 5.78. The maximum Gasteiger partial charge on any atom is 0.256 e. The number of rotatable bonds is 4.